The van der Waals surface area contributed by atoms with Gasteiger partial charge < -0.3 is 24.3 Å². The van der Waals surface area contributed by atoms with Crippen molar-refractivity contribution >= 4 is 34.4 Å². The molecular weight excluding hydrogens is 446 g/mol. The summed E-state index contributed by atoms with van der Waals surface area (Å²) in [5.41, 5.74) is 0.882. The second-order valence-corrected chi connectivity index (χ2v) is 8.19. The normalized spacial score (nSPS) is 14.5. The molecule has 0 bridgehead atoms. The van der Waals surface area contributed by atoms with Gasteiger partial charge in [0.25, 0.3) is 11.8 Å². The molecule has 0 aliphatic carbocycles. The van der Waals surface area contributed by atoms with Crippen molar-refractivity contribution in [3.63, 3.8) is 0 Å². The van der Waals surface area contributed by atoms with Crippen molar-refractivity contribution in [2.75, 3.05) is 36.4 Å². The summed E-state index contributed by atoms with van der Waals surface area (Å²) < 4.78 is 11.7. The van der Waals surface area contributed by atoms with Crippen LogP contribution in [0.1, 0.15) is 17.5 Å². The van der Waals surface area contributed by atoms with Crippen LogP contribution in [0.3, 0.4) is 0 Å². The van der Waals surface area contributed by atoms with Gasteiger partial charge >= 0.3 is 0 Å². The molecule has 178 valence electrons. The van der Waals surface area contributed by atoms with E-state index in [0.29, 0.717) is 54.5 Å². The third-order valence-corrected chi connectivity index (χ3v) is 5.87. The Hall–Kier alpha value is -4.40. The lowest BCUT2D eigenvalue weighted by Crippen LogP contribution is -2.49. The van der Waals surface area contributed by atoms with E-state index in [1.54, 1.807) is 48.5 Å². The first-order valence-corrected chi connectivity index (χ1v) is 11.5. The summed E-state index contributed by atoms with van der Waals surface area (Å²) in [7, 11) is 0. The first-order valence-electron chi connectivity index (χ1n) is 11.5. The van der Waals surface area contributed by atoms with Crippen LogP contribution in [0, 0.1) is 0 Å². The fourth-order valence-corrected chi connectivity index (χ4v) is 4.01. The van der Waals surface area contributed by atoms with E-state index in [9.17, 15) is 9.59 Å². The maximum absolute atomic E-state index is 13.5. The lowest BCUT2D eigenvalue weighted by atomic mass is 10.2. The molecule has 1 unspecified atom stereocenters. The van der Waals surface area contributed by atoms with Gasteiger partial charge in [-0.25, -0.2) is 9.97 Å². The molecule has 1 fully saturated rings. The lowest BCUT2D eigenvalue weighted by molar-refractivity contribution is -0.122. The molecule has 4 aromatic rings. The number of nitrogens with zero attached hydrogens (tertiary/aromatic N) is 4. The predicted molar refractivity (Wildman–Crippen MR) is 132 cm³/mol. The summed E-state index contributed by atoms with van der Waals surface area (Å²) in [6, 6.07) is 18.1. The molecule has 1 aliphatic heterocycles. The first-order chi connectivity index (χ1) is 17.1. The quantitative estimate of drug-likeness (QED) is 0.459. The average molecular weight is 472 g/mol. The second-order valence-electron chi connectivity index (χ2n) is 8.19. The van der Waals surface area contributed by atoms with Gasteiger partial charge in [0, 0.05) is 44.0 Å². The molecule has 3 heterocycles. The molecule has 5 rings (SSSR count). The van der Waals surface area contributed by atoms with Crippen LogP contribution in [-0.2, 0) is 4.79 Å². The molecular formula is C26H25N5O4. The van der Waals surface area contributed by atoms with Crippen molar-refractivity contribution in [2.24, 2.45) is 0 Å². The molecule has 0 radical (unpaired) electrons. The summed E-state index contributed by atoms with van der Waals surface area (Å²) >= 11 is 0. The topological polar surface area (TPSA) is 101 Å². The van der Waals surface area contributed by atoms with Gasteiger partial charge in [0.1, 0.15) is 17.0 Å². The van der Waals surface area contributed by atoms with Crippen LogP contribution < -0.4 is 15.0 Å². The molecule has 2 aromatic carbocycles. The van der Waals surface area contributed by atoms with Crippen LogP contribution in [0.4, 0.5) is 11.6 Å². The number of para-hydroxylation sites is 2. The minimum Gasteiger partial charge on any atom is -0.481 e. The number of fused-ring (bicyclic) bond motifs is 1. The Balaban J connectivity index is 1.34. The monoisotopic (exact) mass is 471 g/mol. The fraction of sp³-hybridized carbons (Fsp3) is 0.231. The SMILES string of the molecule is CC(Oc1ccccc1)C(=O)Nc1c(C(=O)N2CCN(c3ncccn3)CC2)oc2ccccc12. The van der Waals surface area contributed by atoms with Crippen LogP contribution in [0.2, 0.25) is 0 Å². The molecule has 1 aliphatic rings. The Kier molecular flexibility index (Phi) is 6.30. The van der Waals surface area contributed by atoms with E-state index in [2.05, 4.69) is 15.3 Å². The first kappa shape index (κ1) is 22.4. The highest BCUT2D eigenvalue weighted by molar-refractivity contribution is 6.11. The Bertz CT molecular complexity index is 1320. The number of carbonyl (C=O) groups excluding carboxylic acids is 2. The van der Waals surface area contributed by atoms with E-state index in [1.165, 1.54) is 0 Å². The van der Waals surface area contributed by atoms with E-state index < -0.39 is 6.10 Å². The molecule has 0 spiro atoms. The minimum absolute atomic E-state index is 0.107. The number of benzene rings is 2. The van der Waals surface area contributed by atoms with Crippen LogP contribution in [0.15, 0.2) is 77.5 Å². The molecule has 1 N–H and O–H groups in total. The third-order valence-electron chi connectivity index (χ3n) is 5.87. The van der Waals surface area contributed by atoms with Crippen molar-refractivity contribution in [3.8, 4) is 5.75 Å². The number of amides is 2. The van der Waals surface area contributed by atoms with Gasteiger partial charge in [-0.2, -0.15) is 0 Å². The van der Waals surface area contributed by atoms with E-state index in [-0.39, 0.29) is 17.6 Å². The fourth-order valence-electron chi connectivity index (χ4n) is 4.01. The van der Waals surface area contributed by atoms with Crippen LogP contribution in [0.25, 0.3) is 11.0 Å². The molecule has 1 saturated heterocycles. The standard InChI is InChI=1S/C26H25N5O4/c1-18(34-19-8-3-2-4-9-19)24(32)29-22-20-10-5-6-11-21(20)35-23(22)25(33)30-14-16-31(17-15-30)26-27-12-7-13-28-26/h2-13,18H,14-17H2,1H3,(H,29,32). The molecule has 9 nitrogen and oxygen atoms in total. The zero-order chi connectivity index (χ0) is 24.2. The molecule has 35 heavy (non-hydrogen) atoms. The zero-order valence-electron chi connectivity index (χ0n) is 19.3. The minimum atomic E-state index is -0.775. The Morgan fingerprint density at radius 2 is 1.63 bits per heavy atom. The zero-order valence-corrected chi connectivity index (χ0v) is 19.3. The predicted octanol–water partition coefficient (Wildman–Crippen LogP) is 3.59. The summed E-state index contributed by atoms with van der Waals surface area (Å²) in [5.74, 6) is 0.686. The van der Waals surface area contributed by atoms with Gasteiger partial charge in [0.05, 0.1) is 0 Å². The number of hydrogen-bond acceptors (Lipinski definition) is 7. The Morgan fingerprint density at radius 1 is 0.943 bits per heavy atom. The second kappa shape index (κ2) is 9.84. The lowest BCUT2D eigenvalue weighted by Gasteiger charge is -2.34. The van der Waals surface area contributed by atoms with E-state index >= 15 is 0 Å². The summed E-state index contributed by atoms with van der Waals surface area (Å²) in [5, 5.41) is 3.53. The molecule has 1 atom stereocenters. The summed E-state index contributed by atoms with van der Waals surface area (Å²) in [6.07, 6.45) is 2.63. The van der Waals surface area contributed by atoms with Gasteiger partial charge in [-0.1, -0.05) is 30.3 Å². The average Bonchev–Trinajstić information content (AvgIpc) is 3.27. The number of aromatic nitrogens is 2. The van der Waals surface area contributed by atoms with Crippen LogP contribution >= 0.6 is 0 Å². The molecule has 2 aromatic heterocycles. The van der Waals surface area contributed by atoms with Crippen molar-refractivity contribution in [2.45, 2.75) is 13.0 Å². The Labute approximate surface area is 202 Å². The van der Waals surface area contributed by atoms with Crippen molar-refractivity contribution in [1.82, 2.24) is 14.9 Å². The summed E-state index contributed by atoms with van der Waals surface area (Å²) in [6.45, 7) is 3.82. The summed E-state index contributed by atoms with van der Waals surface area (Å²) in [4.78, 5) is 38.8. The van der Waals surface area contributed by atoms with E-state index in [1.807, 2.05) is 41.3 Å². The van der Waals surface area contributed by atoms with Crippen molar-refractivity contribution in [3.05, 3.63) is 78.8 Å². The highest BCUT2D eigenvalue weighted by atomic mass is 16.5. The number of rotatable bonds is 6. The van der Waals surface area contributed by atoms with Gasteiger partial charge in [-0.15, -0.1) is 0 Å². The molecule has 0 saturated carbocycles. The Morgan fingerprint density at radius 3 is 2.37 bits per heavy atom. The van der Waals surface area contributed by atoms with E-state index in [4.69, 9.17) is 9.15 Å². The van der Waals surface area contributed by atoms with Crippen LogP contribution in [0.5, 0.6) is 5.75 Å². The number of ether oxygens (including phenoxy) is 1. The van der Waals surface area contributed by atoms with Gasteiger partial charge in [-0.3, -0.25) is 9.59 Å². The molecule has 2 amide bonds. The highest BCUT2D eigenvalue weighted by Gasteiger charge is 2.30. The van der Waals surface area contributed by atoms with Crippen molar-refractivity contribution < 1.29 is 18.7 Å². The van der Waals surface area contributed by atoms with Gasteiger partial charge in [-0.05, 0) is 37.3 Å². The number of hydrogen-bond donors (Lipinski definition) is 1. The number of nitrogens with one attached hydrogen (secondary N) is 1. The van der Waals surface area contributed by atoms with Gasteiger partial charge in [0.15, 0.2) is 6.10 Å². The van der Waals surface area contributed by atoms with Crippen molar-refractivity contribution in [1.29, 1.82) is 0 Å². The third kappa shape index (κ3) is 4.79. The van der Waals surface area contributed by atoms with Gasteiger partial charge in [0.2, 0.25) is 11.7 Å². The number of piperazine rings is 1. The maximum Gasteiger partial charge on any atom is 0.291 e. The van der Waals surface area contributed by atoms with Crippen LogP contribution in [-0.4, -0.2) is 59.0 Å². The maximum atomic E-state index is 13.5. The number of carbonyl (C=O) groups is 2. The number of furan rings is 1. The smallest absolute Gasteiger partial charge is 0.291 e. The highest BCUT2D eigenvalue weighted by Crippen LogP contribution is 2.32. The largest absolute Gasteiger partial charge is 0.481 e. The molecule has 9 heteroatoms. The van der Waals surface area contributed by atoms with E-state index in [0.717, 1.165) is 0 Å². The number of anilines is 2.